The standard InChI is InChI=1S/C19H18BrF3N2O2/c1-2-27-18(26)16-11-25(10-15(16)12-3-6-14(20)7-4-12)17-8-5-13(9-24-17)19(21,22)23/h3-9,15-16H,2,10-11H2,1H3/t15-,16+/m1/s1. The van der Waals surface area contributed by atoms with Crippen LogP contribution in [0.2, 0.25) is 0 Å². The van der Waals surface area contributed by atoms with Crippen molar-refractivity contribution in [3.05, 3.63) is 58.2 Å². The van der Waals surface area contributed by atoms with Crippen molar-refractivity contribution in [3.63, 3.8) is 0 Å². The molecule has 0 unspecified atom stereocenters. The molecule has 1 saturated heterocycles. The summed E-state index contributed by atoms with van der Waals surface area (Å²) in [6.45, 7) is 2.85. The third-order valence-corrected chi connectivity index (χ3v) is 5.14. The first-order chi connectivity index (χ1) is 12.8. The zero-order valence-electron chi connectivity index (χ0n) is 14.5. The molecule has 2 heterocycles. The fourth-order valence-electron chi connectivity index (χ4n) is 3.27. The summed E-state index contributed by atoms with van der Waals surface area (Å²) < 4.78 is 44.4. The summed E-state index contributed by atoms with van der Waals surface area (Å²) in [5, 5.41) is 0. The van der Waals surface area contributed by atoms with Crippen LogP contribution < -0.4 is 4.90 Å². The second-order valence-corrected chi connectivity index (χ2v) is 7.24. The Hall–Kier alpha value is -2.09. The van der Waals surface area contributed by atoms with Gasteiger partial charge in [0.25, 0.3) is 0 Å². The van der Waals surface area contributed by atoms with E-state index in [0.717, 1.165) is 22.3 Å². The van der Waals surface area contributed by atoms with Gasteiger partial charge in [-0.15, -0.1) is 0 Å². The molecule has 1 aromatic heterocycles. The summed E-state index contributed by atoms with van der Waals surface area (Å²) in [6, 6.07) is 10.0. The maximum atomic E-state index is 12.7. The van der Waals surface area contributed by atoms with Crippen molar-refractivity contribution in [3.8, 4) is 0 Å². The van der Waals surface area contributed by atoms with Gasteiger partial charge in [-0.25, -0.2) is 4.98 Å². The number of pyridine rings is 1. The lowest BCUT2D eigenvalue weighted by Crippen LogP contribution is -2.25. The number of rotatable bonds is 4. The maximum Gasteiger partial charge on any atom is 0.417 e. The van der Waals surface area contributed by atoms with Gasteiger partial charge in [-0.2, -0.15) is 13.2 Å². The zero-order valence-corrected chi connectivity index (χ0v) is 16.1. The highest BCUT2D eigenvalue weighted by Crippen LogP contribution is 2.37. The van der Waals surface area contributed by atoms with E-state index >= 15 is 0 Å². The molecule has 0 radical (unpaired) electrons. The Morgan fingerprint density at radius 3 is 2.48 bits per heavy atom. The molecule has 1 aliphatic heterocycles. The number of alkyl halides is 3. The van der Waals surface area contributed by atoms with Crippen molar-refractivity contribution in [1.82, 2.24) is 4.98 Å². The Kier molecular flexibility index (Phi) is 5.74. The summed E-state index contributed by atoms with van der Waals surface area (Å²) in [5.41, 5.74) is 0.183. The predicted molar refractivity (Wildman–Crippen MR) is 98.5 cm³/mol. The first kappa shape index (κ1) is 19.7. The van der Waals surface area contributed by atoms with Crippen LogP contribution in [-0.2, 0) is 15.7 Å². The number of carbonyl (C=O) groups excluding carboxylic acids is 1. The molecule has 1 fully saturated rings. The van der Waals surface area contributed by atoms with Gasteiger partial charge in [-0.3, -0.25) is 4.79 Å². The molecule has 27 heavy (non-hydrogen) atoms. The molecule has 0 saturated carbocycles. The first-order valence-corrected chi connectivity index (χ1v) is 9.29. The Labute approximate surface area is 163 Å². The third kappa shape index (κ3) is 4.43. The van der Waals surface area contributed by atoms with Crippen molar-refractivity contribution in [1.29, 1.82) is 0 Å². The number of esters is 1. The smallest absolute Gasteiger partial charge is 0.417 e. The van der Waals surface area contributed by atoms with Crippen molar-refractivity contribution in [2.45, 2.75) is 19.0 Å². The molecule has 1 aliphatic rings. The average Bonchev–Trinajstić information content (AvgIpc) is 3.07. The van der Waals surface area contributed by atoms with Crippen LogP contribution in [0, 0.1) is 5.92 Å². The van der Waals surface area contributed by atoms with Crippen LogP contribution in [-0.4, -0.2) is 30.6 Å². The van der Waals surface area contributed by atoms with Crippen molar-refractivity contribution >= 4 is 27.7 Å². The summed E-state index contributed by atoms with van der Waals surface area (Å²) in [5.74, 6) is -0.423. The van der Waals surface area contributed by atoms with Crippen LogP contribution >= 0.6 is 15.9 Å². The predicted octanol–water partition coefficient (Wildman–Crippen LogP) is 4.65. The number of anilines is 1. The molecule has 0 amide bonds. The van der Waals surface area contributed by atoms with Gasteiger partial charge >= 0.3 is 12.1 Å². The molecule has 1 aromatic carbocycles. The van der Waals surface area contributed by atoms with E-state index in [0.29, 0.717) is 18.9 Å². The highest BCUT2D eigenvalue weighted by Gasteiger charge is 2.40. The Morgan fingerprint density at radius 1 is 1.22 bits per heavy atom. The summed E-state index contributed by atoms with van der Waals surface area (Å²) in [7, 11) is 0. The molecule has 3 rings (SSSR count). The minimum atomic E-state index is -4.43. The van der Waals surface area contributed by atoms with Crippen LogP contribution in [0.4, 0.5) is 19.0 Å². The van der Waals surface area contributed by atoms with E-state index in [1.54, 1.807) is 6.92 Å². The number of benzene rings is 1. The lowest BCUT2D eigenvalue weighted by atomic mass is 9.89. The second kappa shape index (κ2) is 7.88. The molecule has 0 N–H and O–H groups in total. The van der Waals surface area contributed by atoms with Gasteiger partial charge < -0.3 is 9.64 Å². The topological polar surface area (TPSA) is 42.4 Å². The van der Waals surface area contributed by atoms with E-state index in [9.17, 15) is 18.0 Å². The first-order valence-electron chi connectivity index (χ1n) is 8.50. The number of nitrogens with zero attached hydrogens (tertiary/aromatic N) is 2. The minimum absolute atomic E-state index is 0.124. The van der Waals surface area contributed by atoms with Crippen molar-refractivity contribution in [2.75, 3.05) is 24.6 Å². The summed E-state index contributed by atoms with van der Waals surface area (Å²) >= 11 is 3.39. The molecule has 4 nitrogen and oxygen atoms in total. The van der Waals surface area contributed by atoms with Gasteiger partial charge in [-0.1, -0.05) is 28.1 Å². The van der Waals surface area contributed by atoms with E-state index in [4.69, 9.17) is 4.74 Å². The van der Waals surface area contributed by atoms with Crippen LogP contribution in [0.25, 0.3) is 0 Å². The molecular formula is C19H18BrF3N2O2. The normalized spacial score (nSPS) is 20.0. The molecule has 2 atom stereocenters. The van der Waals surface area contributed by atoms with E-state index in [2.05, 4.69) is 20.9 Å². The van der Waals surface area contributed by atoms with Crippen molar-refractivity contribution in [2.24, 2.45) is 5.92 Å². The van der Waals surface area contributed by atoms with Crippen LogP contribution in [0.15, 0.2) is 47.1 Å². The quantitative estimate of drug-likeness (QED) is 0.646. The Morgan fingerprint density at radius 2 is 1.93 bits per heavy atom. The molecular weight excluding hydrogens is 425 g/mol. The molecule has 144 valence electrons. The van der Waals surface area contributed by atoms with Gasteiger partial charge in [0.2, 0.25) is 0 Å². The van der Waals surface area contributed by atoms with Gasteiger partial charge in [0.15, 0.2) is 0 Å². The second-order valence-electron chi connectivity index (χ2n) is 6.32. The van der Waals surface area contributed by atoms with Gasteiger partial charge in [0.05, 0.1) is 18.1 Å². The number of hydrogen-bond acceptors (Lipinski definition) is 4. The van der Waals surface area contributed by atoms with Crippen LogP contribution in [0.1, 0.15) is 24.0 Å². The molecule has 0 aliphatic carbocycles. The SMILES string of the molecule is CCOC(=O)[C@H]1CN(c2ccc(C(F)(F)F)cn2)C[C@@H]1c1ccc(Br)cc1. The van der Waals surface area contributed by atoms with Gasteiger partial charge in [-0.05, 0) is 36.8 Å². The van der Waals surface area contributed by atoms with Gasteiger partial charge in [0.1, 0.15) is 5.82 Å². The van der Waals surface area contributed by atoms with E-state index in [-0.39, 0.29) is 18.5 Å². The number of aromatic nitrogens is 1. The lowest BCUT2D eigenvalue weighted by molar-refractivity contribution is -0.147. The summed E-state index contributed by atoms with van der Waals surface area (Å²) in [4.78, 5) is 18.2. The zero-order chi connectivity index (χ0) is 19.6. The molecule has 0 bridgehead atoms. The number of ether oxygens (including phenoxy) is 1. The van der Waals surface area contributed by atoms with Crippen LogP contribution in [0.5, 0.6) is 0 Å². The van der Waals surface area contributed by atoms with Crippen LogP contribution in [0.3, 0.4) is 0 Å². The number of hydrogen-bond donors (Lipinski definition) is 0. The maximum absolute atomic E-state index is 12.7. The van der Waals surface area contributed by atoms with E-state index < -0.39 is 17.7 Å². The average molecular weight is 443 g/mol. The minimum Gasteiger partial charge on any atom is -0.466 e. The van der Waals surface area contributed by atoms with E-state index in [1.807, 2.05) is 29.2 Å². The third-order valence-electron chi connectivity index (χ3n) is 4.61. The lowest BCUT2D eigenvalue weighted by Gasteiger charge is -2.18. The fraction of sp³-hybridized carbons (Fsp3) is 0.368. The fourth-order valence-corrected chi connectivity index (χ4v) is 3.53. The Bertz CT molecular complexity index is 794. The monoisotopic (exact) mass is 442 g/mol. The molecule has 0 spiro atoms. The highest BCUT2D eigenvalue weighted by molar-refractivity contribution is 9.10. The largest absolute Gasteiger partial charge is 0.466 e. The van der Waals surface area contributed by atoms with E-state index in [1.165, 1.54) is 6.07 Å². The highest BCUT2D eigenvalue weighted by atomic mass is 79.9. The molecule has 8 heteroatoms. The number of carbonyl (C=O) groups is 1. The molecule has 2 aromatic rings. The van der Waals surface area contributed by atoms with Gasteiger partial charge in [0, 0.05) is 29.7 Å². The number of halogens is 4. The Balaban J connectivity index is 1.86. The van der Waals surface area contributed by atoms with Crippen molar-refractivity contribution < 1.29 is 22.7 Å². The summed E-state index contributed by atoms with van der Waals surface area (Å²) in [6.07, 6.45) is -3.61.